The third-order valence-electron chi connectivity index (χ3n) is 7.83. The summed E-state index contributed by atoms with van der Waals surface area (Å²) >= 11 is -2.38. The Kier molecular flexibility index (Phi) is 9.15. The quantitative estimate of drug-likeness (QED) is 0.341. The van der Waals surface area contributed by atoms with Gasteiger partial charge in [0.05, 0.1) is 0 Å². The smallest absolute Gasteiger partial charge is 1.00 e. The zero-order valence-corrected chi connectivity index (χ0v) is 28.2. The van der Waals surface area contributed by atoms with Crippen LogP contribution in [0.25, 0.3) is 16.7 Å². The number of rotatable bonds is 3. The zero-order valence-electron chi connectivity index (χ0n) is 24.2. The molecule has 1 aromatic heterocycles. The summed E-state index contributed by atoms with van der Waals surface area (Å²) in [4.78, 5) is 0. The maximum atomic E-state index is 5.80. The molecule has 3 aromatic rings. The first kappa shape index (κ1) is 31.1. The second-order valence-electron chi connectivity index (χ2n) is 12.9. The van der Waals surface area contributed by atoms with Crippen molar-refractivity contribution in [2.75, 3.05) is 0 Å². The van der Waals surface area contributed by atoms with Gasteiger partial charge in [-0.05, 0) is 0 Å². The molecule has 0 aliphatic heterocycles. The Morgan fingerprint density at radius 2 is 1.58 bits per heavy atom. The molecule has 0 amide bonds. The summed E-state index contributed by atoms with van der Waals surface area (Å²) in [6.07, 6.45) is 7.75. The van der Waals surface area contributed by atoms with E-state index in [1.54, 1.807) is 27.1 Å². The van der Waals surface area contributed by atoms with Gasteiger partial charge in [0.15, 0.2) is 0 Å². The van der Waals surface area contributed by atoms with Crippen molar-refractivity contribution >= 4 is 12.1 Å². The molecule has 2 aromatic carbocycles. The standard InChI is InChI=1S/C21H25.C10H9O.C3H6.2ClH.Zr/c1-20(2,3)16-7-9-18-14(12-16)11-15-13-17(21(4,5)6)8-10-19(15)18;1-8-4-5-9(7-8)10-3-2-6-11-10;1-3-2;;;/h7-10,12H,11H2,1-6H3;2-3,5-8H,1H3;1-2H3;2*1H;/q;;;;;+2/p-2. The van der Waals surface area contributed by atoms with Crippen molar-refractivity contribution in [1.82, 2.24) is 0 Å². The van der Waals surface area contributed by atoms with E-state index in [0.29, 0.717) is 5.92 Å². The molecule has 200 valence electrons. The first-order chi connectivity index (χ1) is 16.9. The van der Waals surface area contributed by atoms with Crippen molar-refractivity contribution in [3.05, 3.63) is 92.2 Å². The van der Waals surface area contributed by atoms with E-state index < -0.39 is 21.3 Å². The van der Waals surface area contributed by atoms with Crippen LogP contribution in [0.4, 0.5) is 0 Å². The third-order valence-corrected chi connectivity index (χ3v) is 15.8. The molecule has 0 radical (unpaired) electrons. The van der Waals surface area contributed by atoms with Crippen LogP contribution in [0.3, 0.4) is 0 Å². The number of fused-ring (bicyclic) bond motifs is 3. The molecule has 38 heavy (non-hydrogen) atoms. The van der Waals surface area contributed by atoms with E-state index >= 15 is 0 Å². The monoisotopic (exact) mass is 624 g/mol. The van der Waals surface area contributed by atoms with Crippen LogP contribution in [-0.2, 0) is 38.5 Å². The fourth-order valence-corrected chi connectivity index (χ4v) is 14.4. The molecular weight excluding hydrogens is 587 g/mol. The summed E-state index contributed by atoms with van der Waals surface area (Å²) in [5.41, 5.74) is 10.5. The number of hydrogen-bond donors (Lipinski definition) is 0. The van der Waals surface area contributed by atoms with Gasteiger partial charge in [0.2, 0.25) is 0 Å². The number of furan rings is 1. The minimum absolute atomic E-state index is 0. The molecule has 5 rings (SSSR count). The SMILES string of the molecule is C[C](C)=[Zr+2]([C]1=CC(c2ccco2)=CC1C)[c]1c(C(C)(C)C)ccc2c1Cc1cc(C(C)(C)C)ccc1-2.[Cl-].[Cl-]. The molecule has 1 unspecified atom stereocenters. The second kappa shape index (κ2) is 11.2. The zero-order chi connectivity index (χ0) is 26.0. The van der Waals surface area contributed by atoms with Gasteiger partial charge < -0.3 is 24.8 Å². The normalized spacial score (nSPS) is 15.8. The van der Waals surface area contributed by atoms with Gasteiger partial charge in [0.25, 0.3) is 0 Å². The second-order valence-corrected chi connectivity index (χ2v) is 19.9. The maximum absolute atomic E-state index is 5.80. The molecule has 0 saturated heterocycles. The molecule has 0 N–H and O–H groups in total. The van der Waals surface area contributed by atoms with Gasteiger partial charge in [0, 0.05) is 0 Å². The molecule has 0 bridgehead atoms. The van der Waals surface area contributed by atoms with E-state index in [1.165, 1.54) is 27.8 Å². The van der Waals surface area contributed by atoms with Gasteiger partial charge in [-0.2, -0.15) is 0 Å². The summed E-state index contributed by atoms with van der Waals surface area (Å²) in [6, 6.07) is 16.2. The van der Waals surface area contributed by atoms with Crippen molar-refractivity contribution in [1.29, 1.82) is 0 Å². The van der Waals surface area contributed by atoms with E-state index in [-0.39, 0.29) is 35.6 Å². The molecule has 0 fully saturated rings. The number of halogens is 2. The van der Waals surface area contributed by atoms with E-state index in [1.807, 2.05) is 6.07 Å². The predicted octanol–water partition coefficient (Wildman–Crippen LogP) is 2.53. The van der Waals surface area contributed by atoms with Gasteiger partial charge in [-0.25, -0.2) is 0 Å². The van der Waals surface area contributed by atoms with Crippen molar-refractivity contribution in [2.24, 2.45) is 5.92 Å². The molecular formula is C34H40Cl2OZr. The Labute approximate surface area is 249 Å². The van der Waals surface area contributed by atoms with E-state index in [9.17, 15) is 0 Å². The van der Waals surface area contributed by atoms with E-state index in [0.717, 1.165) is 12.2 Å². The molecule has 4 heteroatoms. The molecule has 0 saturated carbocycles. The largest absolute Gasteiger partial charge is 1.00 e. The van der Waals surface area contributed by atoms with E-state index in [2.05, 4.69) is 111 Å². The predicted molar refractivity (Wildman–Crippen MR) is 152 cm³/mol. The Morgan fingerprint density at radius 3 is 2.16 bits per heavy atom. The average Bonchev–Trinajstić information content (AvgIpc) is 3.51. The molecule has 2 aliphatic carbocycles. The minimum atomic E-state index is -2.38. The van der Waals surface area contributed by atoms with Gasteiger partial charge in [-0.15, -0.1) is 0 Å². The molecule has 1 atom stereocenters. The fraction of sp³-hybridized carbons (Fsp3) is 0.382. The topological polar surface area (TPSA) is 13.1 Å². The number of allylic oxidation sites excluding steroid dienone is 4. The van der Waals surface area contributed by atoms with Crippen molar-refractivity contribution in [3.8, 4) is 11.1 Å². The first-order valence-electron chi connectivity index (χ1n) is 13.3. The Bertz CT molecular complexity index is 1440. The third kappa shape index (κ3) is 5.57. The Balaban J connectivity index is 0.00000200. The first-order valence-corrected chi connectivity index (χ1v) is 17.0. The van der Waals surface area contributed by atoms with Crippen LogP contribution in [0.15, 0.2) is 68.6 Å². The Morgan fingerprint density at radius 1 is 0.895 bits per heavy atom. The van der Waals surface area contributed by atoms with E-state index in [4.69, 9.17) is 4.42 Å². The summed E-state index contributed by atoms with van der Waals surface area (Å²) in [7, 11) is 0. The van der Waals surface area contributed by atoms with Crippen LogP contribution < -0.4 is 28.1 Å². The number of benzene rings is 2. The molecule has 1 nitrogen and oxygen atoms in total. The van der Waals surface area contributed by atoms with Crippen molar-refractivity contribution < 1.29 is 50.5 Å². The fourth-order valence-electron chi connectivity index (χ4n) is 5.94. The van der Waals surface area contributed by atoms with Gasteiger partial charge in [0.1, 0.15) is 0 Å². The van der Waals surface area contributed by atoms with Crippen molar-refractivity contribution in [2.45, 2.75) is 79.6 Å². The summed E-state index contributed by atoms with van der Waals surface area (Å²) in [5, 5.41) is 0. The van der Waals surface area contributed by atoms with Crippen LogP contribution in [0, 0.1) is 5.92 Å². The molecule has 2 aliphatic rings. The maximum Gasteiger partial charge on any atom is -1.00 e. The summed E-state index contributed by atoms with van der Waals surface area (Å²) in [5.74, 6) is 1.44. The minimum Gasteiger partial charge on any atom is -1.00 e. The van der Waals surface area contributed by atoms with Gasteiger partial charge in [-0.1, -0.05) is 0 Å². The van der Waals surface area contributed by atoms with Crippen LogP contribution in [0.2, 0.25) is 0 Å². The number of hydrogen-bond acceptors (Lipinski definition) is 1. The summed E-state index contributed by atoms with van der Waals surface area (Å²) in [6.45, 7) is 21.3. The van der Waals surface area contributed by atoms with Gasteiger partial charge >= 0.3 is 227 Å². The van der Waals surface area contributed by atoms with Crippen LogP contribution in [0.5, 0.6) is 0 Å². The van der Waals surface area contributed by atoms with Crippen LogP contribution in [0.1, 0.15) is 90.3 Å². The molecule has 1 heterocycles. The summed E-state index contributed by atoms with van der Waals surface area (Å²) < 4.78 is 10.8. The Hall–Kier alpha value is -1.47. The van der Waals surface area contributed by atoms with Gasteiger partial charge in [-0.3, -0.25) is 0 Å². The van der Waals surface area contributed by atoms with Crippen molar-refractivity contribution in [3.63, 3.8) is 0 Å². The molecule has 0 spiro atoms. The van der Waals surface area contributed by atoms with Crippen LogP contribution in [-0.4, -0.2) is 3.21 Å². The average molecular weight is 627 g/mol. The van der Waals surface area contributed by atoms with Crippen LogP contribution >= 0.6 is 0 Å².